The lowest BCUT2D eigenvalue weighted by molar-refractivity contribution is 0.100. The third-order valence-corrected chi connectivity index (χ3v) is 2.53. The van der Waals surface area contributed by atoms with E-state index in [9.17, 15) is 13.6 Å². The number of nitrogens with two attached hydrogens (primary N) is 1. The first-order chi connectivity index (χ1) is 9.08. The summed E-state index contributed by atoms with van der Waals surface area (Å²) < 4.78 is 26.4. The van der Waals surface area contributed by atoms with Gasteiger partial charge in [-0.1, -0.05) is 0 Å². The van der Waals surface area contributed by atoms with Crippen LogP contribution in [0.1, 0.15) is 15.9 Å². The molecule has 1 amide bonds. The minimum Gasteiger partial charge on any atom is -0.365 e. The number of nitrogens with zero attached hydrogens (tertiary/aromatic N) is 1. The smallest absolute Gasteiger partial charge is 0.252 e. The molecule has 0 unspecified atom stereocenters. The van der Waals surface area contributed by atoms with E-state index in [1.165, 1.54) is 12.3 Å². The van der Waals surface area contributed by atoms with Crippen LogP contribution in [0.25, 0.3) is 0 Å². The van der Waals surface area contributed by atoms with E-state index in [4.69, 9.17) is 5.73 Å². The molecule has 0 saturated carbocycles. The zero-order chi connectivity index (χ0) is 13.8. The summed E-state index contributed by atoms with van der Waals surface area (Å²) in [5, 5.41) is 2.76. The van der Waals surface area contributed by atoms with E-state index in [0.717, 1.165) is 18.2 Å². The second-order valence-electron chi connectivity index (χ2n) is 3.85. The topological polar surface area (TPSA) is 68.0 Å². The lowest BCUT2D eigenvalue weighted by Crippen LogP contribution is -2.15. The predicted octanol–water partition coefficient (Wildman–Crippen LogP) is 2.07. The second kappa shape index (κ2) is 5.43. The Bertz CT molecular complexity index is 617. The van der Waals surface area contributed by atoms with Gasteiger partial charge in [-0.2, -0.15) is 0 Å². The highest BCUT2D eigenvalue weighted by atomic mass is 19.1. The standard InChI is InChI=1S/C13H11F2N3O/c14-9-3-4-11(15)8(6-9)7-18-13-10(12(16)19)2-1-5-17-13/h1-6H,7H2,(H2,16,19)(H,17,18). The highest BCUT2D eigenvalue weighted by molar-refractivity contribution is 5.97. The molecule has 6 heteroatoms. The van der Waals surface area contributed by atoms with Gasteiger partial charge in [-0.15, -0.1) is 0 Å². The van der Waals surface area contributed by atoms with Crippen LogP contribution in [-0.4, -0.2) is 10.9 Å². The Hall–Kier alpha value is -2.50. The third kappa shape index (κ3) is 3.04. The fraction of sp³-hybridized carbons (Fsp3) is 0.0769. The zero-order valence-corrected chi connectivity index (χ0v) is 9.86. The molecule has 1 heterocycles. The van der Waals surface area contributed by atoms with Crippen molar-refractivity contribution in [2.45, 2.75) is 6.54 Å². The zero-order valence-electron chi connectivity index (χ0n) is 9.86. The van der Waals surface area contributed by atoms with Gasteiger partial charge in [0.05, 0.1) is 5.56 Å². The molecule has 98 valence electrons. The van der Waals surface area contributed by atoms with Gasteiger partial charge in [-0.05, 0) is 30.3 Å². The molecule has 2 rings (SSSR count). The van der Waals surface area contributed by atoms with Gasteiger partial charge < -0.3 is 11.1 Å². The molecule has 2 aromatic rings. The lowest BCUT2D eigenvalue weighted by Gasteiger charge is -2.09. The van der Waals surface area contributed by atoms with Gasteiger partial charge in [0.1, 0.15) is 17.5 Å². The van der Waals surface area contributed by atoms with Crippen LogP contribution < -0.4 is 11.1 Å². The van der Waals surface area contributed by atoms with Crippen LogP contribution in [0.5, 0.6) is 0 Å². The van der Waals surface area contributed by atoms with E-state index in [0.29, 0.717) is 0 Å². The molecule has 0 aliphatic heterocycles. The number of carbonyl (C=O) groups is 1. The van der Waals surface area contributed by atoms with Gasteiger partial charge >= 0.3 is 0 Å². The number of hydrogen-bond acceptors (Lipinski definition) is 3. The van der Waals surface area contributed by atoms with E-state index in [1.54, 1.807) is 6.07 Å². The molecule has 0 spiro atoms. The van der Waals surface area contributed by atoms with Crippen LogP contribution in [0.2, 0.25) is 0 Å². The SMILES string of the molecule is NC(=O)c1cccnc1NCc1cc(F)ccc1F. The van der Waals surface area contributed by atoms with Crippen LogP contribution in [0.15, 0.2) is 36.5 Å². The van der Waals surface area contributed by atoms with Crippen molar-refractivity contribution in [2.75, 3.05) is 5.32 Å². The van der Waals surface area contributed by atoms with Gasteiger partial charge in [0.25, 0.3) is 5.91 Å². The number of pyridine rings is 1. The summed E-state index contributed by atoms with van der Waals surface area (Å²) in [6.07, 6.45) is 1.47. The average molecular weight is 263 g/mol. The predicted molar refractivity (Wildman–Crippen MR) is 66.4 cm³/mol. The fourth-order valence-corrected chi connectivity index (χ4v) is 1.60. The van der Waals surface area contributed by atoms with Gasteiger partial charge in [0.15, 0.2) is 0 Å². The molecule has 0 aliphatic carbocycles. The molecule has 0 bridgehead atoms. The Morgan fingerprint density at radius 1 is 1.32 bits per heavy atom. The van der Waals surface area contributed by atoms with Crippen molar-refractivity contribution in [3.63, 3.8) is 0 Å². The summed E-state index contributed by atoms with van der Waals surface area (Å²) in [5.41, 5.74) is 5.52. The Morgan fingerprint density at radius 2 is 2.11 bits per heavy atom. The highest BCUT2D eigenvalue weighted by Crippen LogP contribution is 2.14. The molecular weight excluding hydrogens is 252 g/mol. The summed E-state index contributed by atoms with van der Waals surface area (Å²) in [5.74, 6) is -1.48. The maximum absolute atomic E-state index is 13.4. The van der Waals surface area contributed by atoms with Crippen molar-refractivity contribution in [3.8, 4) is 0 Å². The van der Waals surface area contributed by atoms with Crippen molar-refractivity contribution >= 4 is 11.7 Å². The molecule has 0 aliphatic rings. The first-order valence-corrected chi connectivity index (χ1v) is 5.50. The summed E-state index contributed by atoms with van der Waals surface area (Å²) in [7, 11) is 0. The van der Waals surface area contributed by atoms with Gasteiger partial charge in [-0.25, -0.2) is 13.8 Å². The monoisotopic (exact) mass is 263 g/mol. The number of hydrogen-bond donors (Lipinski definition) is 2. The molecule has 0 saturated heterocycles. The third-order valence-electron chi connectivity index (χ3n) is 2.53. The molecule has 1 aromatic heterocycles. The number of halogens is 2. The number of aromatic nitrogens is 1. The Balaban J connectivity index is 2.19. The number of anilines is 1. The highest BCUT2D eigenvalue weighted by Gasteiger charge is 2.09. The van der Waals surface area contributed by atoms with Crippen LogP contribution in [0.4, 0.5) is 14.6 Å². The largest absolute Gasteiger partial charge is 0.365 e. The number of amides is 1. The maximum Gasteiger partial charge on any atom is 0.252 e. The number of carbonyl (C=O) groups excluding carboxylic acids is 1. The summed E-state index contributed by atoms with van der Waals surface area (Å²) in [6, 6.07) is 6.22. The molecule has 1 aromatic carbocycles. The molecule has 0 atom stereocenters. The Morgan fingerprint density at radius 3 is 2.84 bits per heavy atom. The summed E-state index contributed by atoms with van der Waals surface area (Å²) >= 11 is 0. The quantitative estimate of drug-likeness (QED) is 0.887. The number of benzene rings is 1. The van der Waals surface area contributed by atoms with Gasteiger partial charge in [0.2, 0.25) is 0 Å². The lowest BCUT2D eigenvalue weighted by atomic mass is 10.2. The van der Waals surface area contributed by atoms with Crippen LogP contribution in [0.3, 0.4) is 0 Å². The van der Waals surface area contributed by atoms with Crippen molar-refractivity contribution in [2.24, 2.45) is 5.73 Å². The number of nitrogens with one attached hydrogen (secondary N) is 1. The van der Waals surface area contributed by atoms with E-state index in [1.807, 2.05) is 0 Å². The minimum absolute atomic E-state index is 0.000880. The van der Waals surface area contributed by atoms with Crippen molar-refractivity contribution in [1.29, 1.82) is 0 Å². The first-order valence-electron chi connectivity index (χ1n) is 5.50. The summed E-state index contributed by atoms with van der Waals surface area (Å²) in [6.45, 7) is 0.000880. The van der Waals surface area contributed by atoms with Crippen molar-refractivity contribution in [3.05, 3.63) is 59.3 Å². The average Bonchev–Trinajstić information content (AvgIpc) is 2.40. The van der Waals surface area contributed by atoms with E-state index >= 15 is 0 Å². The van der Waals surface area contributed by atoms with Gasteiger partial charge in [0, 0.05) is 18.3 Å². The fourth-order valence-electron chi connectivity index (χ4n) is 1.60. The molecule has 0 radical (unpaired) electrons. The van der Waals surface area contributed by atoms with Crippen LogP contribution >= 0.6 is 0 Å². The normalized spacial score (nSPS) is 10.2. The van der Waals surface area contributed by atoms with Crippen molar-refractivity contribution in [1.82, 2.24) is 4.98 Å². The molecular formula is C13H11F2N3O. The van der Waals surface area contributed by atoms with Crippen molar-refractivity contribution < 1.29 is 13.6 Å². The second-order valence-corrected chi connectivity index (χ2v) is 3.85. The molecule has 0 fully saturated rings. The number of rotatable bonds is 4. The molecule has 4 nitrogen and oxygen atoms in total. The number of primary amides is 1. The maximum atomic E-state index is 13.4. The molecule has 3 N–H and O–H groups in total. The van der Waals surface area contributed by atoms with E-state index < -0.39 is 17.5 Å². The summed E-state index contributed by atoms with van der Waals surface area (Å²) in [4.78, 5) is 15.1. The Labute approximate surface area is 108 Å². The first kappa shape index (κ1) is 12.9. The van der Waals surface area contributed by atoms with Gasteiger partial charge in [-0.3, -0.25) is 4.79 Å². The molecule has 19 heavy (non-hydrogen) atoms. The van der Waals surface area contributed by atoms with Crippen LogP contribution in [-0.2, 0) is 6.54 Å². The Kier molecular flexibility index (Phi) is 3.70. The minimum atomic E-state index is -0.643. The van der Waals surface area contributed by atoms with E-state index in [-0.39, 0.29) is 23.5 Å². The van der Waals surface area contributed by atoms with Crippen LogP contribution in [0, 0.1) is 11.6 Å². The van der Waals surface area contributed by atoms with E-state index in [2.05, 4.69) is 10.3 Å².